The van der Waals surface area contributed by atoms with Gasteiger partial charge in [0.1, 0.15) is 0 Å². The summed E-state index contributed by atoms with van der Waals surface area (Å²) in [5.41, 5.74) is 0.443. The van der Waals surface area contributed by atoms with Crippen LogP contribution in [0.1, 0.15) is 46.5 Å². The van der Waals surface area contributed by atoms with Crippen molar-refractivity contribution in [2.75, 3.05) is 13.1 Å². The fourth-order valence-corrected chi connectivity index (χ4v) is 1.87. The van der Waals surface area contributed by atoms with E-state index in [2.05, 4.69) is 26.1 Å². The van der Waals surface area contributed by atoms with Gasteiger partial charge in [-0.05, 0) is 37.3 Å². The number of rotatable bonds is 3. The first kappa shape index (κ1) is 10.0. The summed E-state index contributed by atoms with van der Waals surface area (Å²) < 4.78 is 0. The van der Waals surface area contributed by atoms with Crippen LogP contribution in [-0.2, 0) is 0 Å². The van der Waals surface area contributed by atoms with E-state index in [1.54, 1.807) is 0 Å². The van der Waals surface area contributed by atoms with Crippen molar-refractivity contribution in [3.05, 3.63) is 0 Å². The minimum Gasteiger partial charge on any atom is -0.316 e. The van der Waals surface area contributed by atoms with E-state index >= 15 is 0 Å². The third-order valence-electron chi connectivity index (χ3n) is 2.56. The second kappa shape index (κ2) is 4.27. The van der Waals surface area contributed by atoms with Gasteiger partial charge < -0.3 is 5.32 Å². The van der Waals surface area contributed by atoms with Crippen molar-refractivity contribution in [2.45, 2.75) is 46.5 Å². The normalized spacial score (nSPS) is 20.2. The van der Waals surface area contributed by atoms with Crippen molar-refractivity contribution in [3.8, 4) is 0 Å². The van der Waals surface area contributed by atoms with Crippen molar-refractivity contribution in [1.29, 1.82) is 0 Å². The standard InChI is InChI=1S/C11H23N/c1-11(2,3)9-12-8-10-6-4-5-7-10/h10,12H,4-9H2,1-3H3. The molecule has 0 radical (unpaired) electrons. The molecule has 0 aromatic rings. The second-order valence-corrected chi connectivity index (χ2v) is 5.34. The number of hydrogen-bond donors (Lipinski definition) is 1. The molecule has 0 atom stereocenters. The molecular weight excluding hydrogens is 146 g/mol. The molecule has 0 aromatic carbocycles. The molecule has 1 N–H and O–H groups in total. The topological polar surface area (TPSA) is 12.0 Å². The van der Waals surface area contributed by atoms with Crippen LogP contribution in [-0.4, -0.2) is 13.1 Å². The first-order valence-electron chi connectivity index (χ1n) is 5.29. The van der Waals surface area contributed by atoms with Gasteiger partial charge in [0.15, 0.2) is 0 Å². The Bertz CT molecular complexity index is 117. The summed E-state index contributed by atoms with van der Waals surface area (Å²) in [5, 5.41) is 3.57. The van der Waals surface area contributed by atoms with Crippen molar-refractivity contribution in [1.82, 2.24) is 5.32 Å². The summed E-state index contributed by atoms with van der Waals surface area (Å²) in [6.07, 6.45) is 5.83. The van der Waals surface area contributed by atoms with Crippen LogP contribution in [0.4, 0.5) is 0 Å². The van der Waals surface area contributed by atoms with Crippen LogP contribution in [0.3, 0.4) is 0 Å². The molecule has 1 nitrogen and oxygen atoms in total. The van der Waals surface area contributed by atoms with Crippen LogP contribution in [0.15, 0.2) is 0 Å². The largest absolute Gasteiger partial charge is 0.316 e. The number of hydrogen-bond acceptors (Lipinski definition) is 1. The molecule has 0 unspecified atom stereocenters. The van der Waals surface area contributed by atoms with Crippen LogP contribution in [0.25, 0.3) is 0 Å². The molecule has 1 aliphatic rings. The third-order valence-corrected chi connectivity index (χ3v) is 2.56. The monoisotopic (exact) mass is 169 g/mol. The van der Waals surface area contributed by atoms with E-state index < -0.39 is 0 Å². The quantitative estimate of drug-likeness (QED) is 0.685. The number of nitrogens with one attached hydrogen (secondary N) is 1. The molecule has 1 rings (SSSR count). The average Bonchev–Trinajstić information content (AvgIpc) is 2.36. The summed E-state index contributed by atoms with van der Waals surface area (Å²) in [4.78, 5) is 0. The highest BCUT2D eigenvalue weighted by molar-refractivity contribution is 4.71. The van der Waals surface area contributed by atoms with E-state index in [9.17, 15) is 0 Å². The van der Waals surface area contributed by atoms with Gasteiger partial charge in [-0.15, -0.1) is 0 Å². The van der Waals surface area contributed by atoms with E-state index in [1.165, 1.54) is 32.2 Å². The molecule has 0 bridgehead atoms. The molecule has 0 amide bonds. The van der Waals surface area contributed by atoms with E-state index in [4.69, 9.17) is 0 Å². The summed E-state index contributed by atoms with van der Waals surface area (Å²) in [7, 11) is 0. The molecule has 0 heterocycles. The fraction of sp³-hybridized carbons (Fsp3) is 1.00. The zero-order chi connectivity index (χ0) is 9.03. The van der Waals surface area contributed by atoms with Gasteiger partial charge in [0.25, 0.3) is 0 Å². The molecule has 1 fully saturated rings. The van der Waals surface area contributed by atoms with Gasteiger partial charge in [0.05, 0.1) is 0 Å². The van der Waals surface area contributed by atoms with Gasteiger partial charge in [0.2, 0.25) is 0 Å². The van der Waals surface area contributed by atoms with E-state index in [-0.39, 0.29) is 0 Å². The van der Waals surface area contributed by atoms with Gasteiger partial charge in [-0.1, -0.05) is 33.6 Å². The zero-order valence-electron chi connectivity index (χ0n) is 8.82. The lowest BCUT2D eigenvalue weighted by Gasteiger charge is -2.20. The highest BCUT2D eigenvalue weighted by atomic mass is 14.9. The Morgan fingerprint density at radius 3 is 2.25 bits per heavy atom. The minimum atomic E-state index is 0.443. The van der Waals surface area contributed by atoms with Crippen molar-refractivity contribution < 1.29 is 0 Å². The zero-order valence-corrected chi connectivity index (χ0v) is 8.82. The lowest BCUT2D eigenvalue weighted by molar-refractivity contribution is 0.359. The predicted molar refractivity (Wildman–Crippen MR) is 54.3 cm³/mol. The molecule has 1 saturated carbocycles. The Morgan fingerprint density at radius 2 is 1.75 bits per heavy atom. The molecule has 0 aromatic heterocycles. The third kappa shape index (κ3) is 4.10. The maximum atomic E-state index is 3.57. The first-order chi connectivity index (χ1) is 5.58. The van der Waals surface area contributed by atoms with Crippen molar-refractivity contribution in [3.63, 3.8) is 0 Å². The summed E-state index contributed by atoms with van der Waals surface area (Å²) >= 11 is 0. The maximum Gasteiger partial charge on any atom is -0.000000945 e. The van der Waals surface area contributed by atoms with Crippen molar-refractivity contribution in [2.24, 2.45) is 11.3 Å². The van der Waals surface area contributed by atoms with Crippen LogP contribution in [0.2, 0.25) is 0 Å². The predicted octanol–water partition coefficient (Wildman–Crippen LogP) is 2.81. The van der Waals surface area contributed by atoms with Gasteiger partial charge in [-0.2, -0.15) is 0 Å². The highest BCUT2D eigenvalue weighted by Crippen LogP contribution is 2.23. The van der Waals surface area contributed by atoms with Crippen LogP contribution in [0, 0.1) is 11.3 Å². The van der Waals surface area contributed by atoms with Crippen molar-refractivity contribution >= 4 is 0 Å². The Morgan fingerprint density at radius 1 is 1.17 bits per heavy atom. The Kier molecular flexibility index (Phi) is 3.57. The molecule has 0 saturated heterocycles. The molecule has 72 valence electrons. The Hall–Kier alpha value is -0.0400. The molecule has 0 aliphatic heterocycles. The van der Waals surface area contributed by atoms with Crippen LogP contribution < -0.4 is 5.32 Å². The van der Waals surface area contributed by atoms with E-state index in [0.29, 0.717) is 5.41 Å². The van der Waals surface area contributed by atoms with Crippen LogP contribution >= 0.6 is 0 Å². The highest BCUT2D eigenvalue weighted by Gasteiger charge is 2.15. The summed E-state index contributed by atoms with van der Waals surface area (Å²) in [6.45, 7) is 9.26. The Labute approximate surface area is 76.9 Å². The molecule has 1 heteroatoms. The fourth-order valence-electron chi connectivity index (χ4n) is 1.87. The molecule has 1 aliphatic carbocycles. The molecular formula is C11H23N. The van der Waals surface area contributed by atoms with Crippen LogP contribution in [0.5, 0.6) is 0 Å². The van der Waals surface area contributed by atoms with Gasteiger partial charge >= 0.3 is 0 Å². The van der Waals surface area contributed by atoms with Gasteiger partial charge in [0, 0.05) is 0 Å². The molecule has 12 heavy (non-hydrogen) atoms. The SMILES string of the molecule is CC(C)(C)CNCC1CCCC1. The first-order valence-corrected chi connectivity index (χ1v) is 5.29. The summed E-state index contributed by atoms with van der Waals surface area (Å²) in [6, 6.07) is 0. The lowest BCUT2D eigenvalue weighted by atomic mass is 9.96. The lowest BCUT2D eigenvalue weighted by Crippen LogP contribution is -2.30. The van der Waals surface area contributed by atoms with Gasteiger partial charge in [-0.3, -0.25) is 0 Å². The molecule has 0 spiro atoms. The van der Waals surface area contributed by atoms with E-state index in [1.807, 2.05) is 0 Å². The second-order valence-electron chi connectivity index (χ2n) is 5.34. The minimum absolute atomic E-state index is 0.443. The summed E-state index contributed by atoms with van der Waals surface area (Å²) in [5.74, 6) is 0.979. The average molecular weight is 169 g/mol. The van der Waals surface area contributed by atoms with E-state index in [0.717, 1.165) is 12.5 Å². The smallest absolute Gasteiger partial charge is 0.000000945 e. The Balaban J connectivity index is 2.02. The van der Waals surface area contributed by atoms with Gasteiger partial charge in [-0.25, -0.2) is 0 Å². The maximum absolute atomic E-state index is 3.57.